The van der Waals surface area contributed by atoms with E-state index >= 15 is 0 Å². The van der Waals surface area contributed by atoms with E-state index in [0.717, 1.165) is 30.3 Å². The molecule has 0 spiro atoms. The van der Waals surface area contributed by atoms with Gasteiger partial charge in [0, 0.05) is 24.8 Å². The second-order valence-electron chi connectivity index (χ2n) is 5.72. The third-order valence-corrected chi connectivity index (χ3v) is 4.10. The lowest BCUT2D eigenvalue weighted by Crippen LogP contribution is -2.26. The van der Waals surface area contributed by atoms with Gasteiger partial charge in [-0.1, -0.05) is 18.9 Å². The molecule has 1 aliphatic heterocycles. The van der Waals surface area contributed by atoms with Gasteiger partial charge in [0.2, 0.25) is 0 Å². The number of benzene rings is 1. The molecule has 1 aromatic carbocycles. The molecule has 3 N–H and O–H groups in total. The fraction of sp³-hybridized carbons (Fsp3) is 0.412. The smallest absolute Gasteiger partial charge is 0.159 e. The van der Waals surface area contributed by atoms with Crippen LogP contribution in [0.5, 0.6) is 5.75 Å². The summed E-state index contributed by atoms with van der Waals surface area (Å²) in [5.41, 5.74) is 7.80. The summed E-state index contributed by atoms with van der Waals surface area (Å²) in [7, 11) is 1.65. The summed E-state index contributed by atoms with van der Waals surface area (Å²) < 4.78 is 5.24. The molecule has 1 aliphatic rings. The molecule has 0 saturated carbocycles. The number of nitrogens with zero attached hydrogens (tertiary/aromatic N) is 3. The number of methoxy groups -OCH3 is 1. The van der Waals surface area contributed by atoms with Gasteiger partial charge in [0.25, 0.3) is 0 Å². The van der Waals surface area contributed by atoms with Crippen LogP contribution >= 0.6 is 0 Å². The van der Waals surface area contributed by atoms with Crippen LogP contribution in [0.1, 0.15) is 25.7 Å². The van der Waals surface area contributed by atoms with Gasteiger partial charge in [-0.2, -0.15) is 0 Å². The molecule has 23 heavy (non-hydrogen) atoms. The minimum Gasteiger partial charge on any atom is -0.497 e. The number of ether oxygens (including phenoxy) is 1. The van der Waals surface area contributed by atoms with Crippen LogP contribution in [0.3, 0.4) is 0 Å². The van der Waals surface area contributed by atoms with Gasteiger partial charge in [0.15, 0.2) is 11.6 Å². The second-order valence-corrected chi connectivity index (χ2v) is 5.72. The van der Waals surface area contributed by atoms with E-state index in [2.05, 4.69) is 20.2 Å². The summed E-state index contributed by atoms with van der Waals surface area (Å²) in [5.74, 6) is 2.25. The molecular weight excluding hydrogens is 290 g/mol. The van der Waals surface area contributed by atoms with Crippen LogP contribution in [0.25, 0.3) is 0 Å². The Bertz CT molecular complexity index is 653. The minimum atomic E-state index is 0.595. The molecule has 1 saturated heterocycles. The van der Waals surface area contributed by atoms with Crippen molar-refractivity contribution in [2.45, 2.75) is 25.7 Å². The lowest BCUT2D eigenvalue weighted by molar-refractivity contribution is 0.415. The third kappa shape index (κ3) is 3.64. The van der Waals surface area contributed by atoms with Crippen molar-refractivity contribution in [2.24, 2.45) is 0 Å². The number of nitrogens with one attached hydrogen (secondary N) is 1. The predicted octanol–water partition coefficient (Wildman–Crippen LogP) is 3.19. The Hall–Kier alpha value is -2.50. The molecule has 1 fully saturated rings. The quantitative estimate of drug-likeness (QED) is 0.903. The van der Waals surface area contributed by atoms with Crippen molar-refractivity contribution < 1.29 is 4.74 Å². The van der Waals surface area contributed by atoms with Crippen LogP contribution in [0.15, 0.2) is 30.6 Å². The summed E-state index contributed by atoms with van der Waals surface area (Å²) in [6.07, 6.45) is 6.48. The van der Waals surface area contributed by atoms with Crippen LogP contribution in [-0.4, -0.2) is 30.2 Å². The molecule has 6 nitrogen and oxygen atoms in total. The highest BCUT2D eigenvalue weighted by Crippen LogP contribution is 2.30. The van der Waals surface area contributed by atoms with E-state index in [1.165, 1.54) is 25.7 Å². The fourth-order valence-electron chi connectivity index (χ4n) is 2.86. The standard InChI is InChI=1S/C17H23N5O/c1-23-14-8-6-7-13(11-14)21-16-15(18)17(20-12-19-16)22-9-4-2-3-5-10-22/h6-8,11-12H,2-5,9-10,18H2,1H3,(H,19,20,21). The first-order chi connectivity index (χ1) is 11.3. The Labute approximate surface area is 136 Å². The summed E-state index contributed by atoms with van der Waals surface area (Å²) >= 11 is 0. The largest absolute Gasteiger partial charge is 0.497 e. The lowest BCUT2D eigenvalue weighted by atomic mass is 10.2. The summed E-state index contributed by atoms with van der Waals surface area (Å²) in [4.78, 5) is 11.0. The Balaban J connectivity index is 1.83. The Morgan fingerprint density at radius 1 is 1.13 bits per heavy atom. The monoisotopic (exact) mass is 313 g/mol. The first kappa shape index (κ1) is 15.4. The van der Waals surface area contributed by atoms with Crippen molar-refractivity contribution in [3.8, 4) is 5.75 Å². The predicted molar refractivity (Wildman–Crippen MR) is 93.4 cm³/mol. The number of nitrogen functional groups attached to an aromatic ring is 1. The zero-order valence-electron chi connectivity index (χ0n) is 13.5. The van der Waals surface area contributed by atoms with Gasteiger partial charge in [0.1, 0.15) is 17.8 Å². The van der Waals surface area contributed by atoms with Crippen LogP contribution in [0, 0.1) is 0 Å². The second kappa shape index (κ2) is 7.17. The van der Waals surface area contributed by atoms with Gasteiger partial charge in [-0.15, -0.1) is 0 Å². The number of nitrogens with two attached hydrogens (primary N) is 1. The van der Waals surface area contributed by atoms with E-state index in [9.17, 15) is 0 Å². The first-order valence-electron chi connectivity index (χ1n) is 8.04. The Kier molecular flexibility index (Phi) is 4.80. The molecule has 122 valence electrons. The van der Waals surface area contributed by atoms with Gasteiger partial charge in [-0.05, 0) is 25.0 Å². The molecule has 1 aromatic heterocycles. The van der Waals surface area contributed by atoms with Crippen LogP contribution in [-0.2, 0) is 0 Å². The maximum absolute atomic E-state index is 6.32. The minimum absolute atomic E-state index is 0.595. The van der Waals surface area contributed by atoms with Crippen molar-refractivity contribution in [1.82, 2.24) is 9.97 Å². The molecule has 0 amide bonds. The molecule has 0 unspecified atom stereocenters. The number of hydrogen-bond acceptors (Lipinski definition) is 6. The Morgan fingerprint density at radius 3 is 2.65 bits per heavy atom. The van der Waals surface area contributed by atoms with Gasteiger partial charge in [-0.3, -0.25) is 0 Å². The highest BCUT2D eigenvalue weighted by molar-refractivity contribution is 5.78. The van der Waals surface area contributed by atoms with E-state index in [1.54, 1.807) is 13.4 Å². The van der Waals surface area contributed by atoms with Crippen molar-refractivity contribution >= 4 is 23.0 Å². The Morgan fingerprint density at radius 2 is 1.91 bits per heavy atom. The molecule has 6 heteroatoms. The lowest BCUT2D eigenvalue weighted by Gasteiger charge is -2.23. The average molecular weight is 313 g/mol. The summed E-state index contributed by atoms with van der Waals surface area (Å²) in [5, 5.41) is 3.26. The number of aromatic nitrogens is 2. The topological polar surface area (TPSA) is 76.3 Å². The SMILES string of the molecule is COc1cccc(Nc2ncnc(N3CCCCCC3)c2N)c1. The number of rotatable bonds is 4. The zero-order chi connectivity index (χ0) is 16.1. The molecular formula is C17H23N5O. The van der Waals surface area contributed by atoms with Gasteiger partial charge >= 0.3 is 0 Å². The van der Waals surface area contributed by atoms with Crippen molar-refractivity contribution in [2.75, 3.05) is 36.1 Å². The van der Waals surface area contributed by atoms with Gasteiger partial charge < -0.3 is 20.7 Å². The number of anilines is 4. The maximum Gasteiger partial charge on any atom is 0.159 e. The van der Waals surface area contributed by atoms with Crippen molar-refractivity contribution in [3.05, 3.63) is 30.6 Å². The molecule has 0 bridgehead atoms. The molecule has 2 aromatic rings. The molecule has 0 atom stereocenters. The molecule has 0 radical (unpaired) electrons. The normalized spacial score (nSPS) is 15.1. The summed E-state index contributed by atoms with van der Waals surface area (Å²) in [6, 6.07) is 7.69. The molecule has 3 rings (SSSR count). The average Bonchev–Trinajstić information content (AvgIpc) is 2.86. The highest BCUT2D eigenvalue weighted by Gasteiger charge is 2.16. The number of hydrogen-bond donors (Lipinski definition) is 2. The van der Waals surface area contributed by atoms with E-state index < -0.39 is 0 Å². The highest BCUT2D eigenvalue weighted by atomic mass is 16.5. The van der Waals surface area contributed by atoms with Crippen molar-refractivity contribution in [1.29, 1.82) is 0 Å². The van der Waals surface area contributed by atoms with Gasteiger partial charge in [0.05, 0.1) is 7.11 Å². The summed E-state index contributed by atoms with van der Waals surface area (Å²) in [6.45, 7) is 2.00. The van der Waals surface area contributed by atoms with E-state index in [-0.39, 0.29) is 0 Å². The first-order valence-corrected chi connectivity index (χ1v) is 8.04. The third-order valence-electron chi connectivity index (χ3n) is 4.10. The van der Waals surface area contributed by atoms with E-state index in [4.69, 9.17) is 10.5 Å². The zero-order valence-corrected chi connectivity index (χ0v) is 13.5. The van der Waals surface area contributed by atoms with E-state index in [1.807, 2.05) is 24.3 Å². The maximum atomic E-state index is 6.32. The van der Waals surface area contributed by atoms with Crippen LogP contribution < -0.4 is 20.7 Å². The van der Waals surface area contributed by atoms with Crippen molar-refractivity contribution in [3.63, 3.8) is 0 Å². The van der Waals surface area contributed by atoms with Crippen LogP contribution in [0.4, 0.5) is 23.0 Å². The van der Waals surface area contributed by atoms with Gasteiger partial charge in [-0.25, -0.2) is 9.97 Å². The molecule has 0 aliphatic carbocycles. The van der Waals surface area contributed by atoms with E-state index in [0.29, 0.717) is 11.5 Å². The molecule has 2 heterocycles. The fourth-order valence-corrected chi connectivity index (χ4v) is 2.86. The van der Waals surface area contributed by atoms with Crippen LogP contribution in [0.2, 0.25) is 0 Å².